The Hall–Kier alpha value is -1.35. The highest BCUT2D eigenvalue weighted by atomic mass is 16.1. The summed E-state index contributed by atoms with van der Waals surface area (Å²) in [5, 5.41) is 3.12. The normalized spacial score (nSPS) is 16.6. The summed E-state index contributed by atoms with van der Waals surface area (Å²) in [5.74, 6) is 0.409. The van der Waals surface area contributed by atoms with E-state index in [0.717, 1.165) is 25.1 Å². The van der Waals surface area contributed by atoms with Crippen LogP contribution in [0.1, 0.15) is 37.7 Å². The van der Waals surface area contributed by atoms with Crippen molar-refractivity contribution in [2.45, 2.75) is 38.6 Å². The third-order valence-electron chi connectivity index (χ3n) is 3.74. The van der Waals surface area contributed by atoms with Crippen molar-refractivity contribution in [3.63, 3.8) is 0 Å². The molecule has 0 aliphatic heterocycles. The zero-order valence-electron chi connectivity index (χ0n) is 12.0. The fourth-order valence-corrected chi connectivity index (χ4v) is 2.72. The van der Waals surface area contributed by atoms with Crippen LogP contribution in [-0.2, 0) is 11.3 Å². The Morgan fingerprint density at radius 1 is 1.21 bits per heavy atom. The minimum atomic E-state index is 0.200. The van der Waals surface area contributed by atoms with Crippen LogP contribution in [-0.4, -0.2) is 24.9 Å². The number of para-hydroxylation sites is 1. The molecule has 0 bridgehead atoms. The molecule has 1 saturated carbocycles. The maximum absolute atomic E-state index is 12.3. The van der Waals surface area contributed by atoms with Gasteiger partial charge in [0.1, 0.15) is 0 Å². The minimum absolute atomic E-state index is 0.200. The van der Waals surface area contributed by atoms with E-state index in [4.69, 9.17) is 0 Å². The van der Waals surface area contributed by atoms with E-state index in [0.29, 0.717) is 0 Å². The number of hydrogen-bond acceptors (Lipinski definition) is 2. The van der Waals surface area contributed by atoms with Crippen LogP contribution in [0, 0.1) is 5.92 Å². The number of hydrogen-bond donors (Lipinski definition) is 1. The van der Waals surface area contributed by atoms with Crippen LogP contribution in [0.5, 0.6) is 0 Å². The van der Waals surface area contributed by atoms with E-state index in [2.05, 4.69) is 16.3 Å². The Balaban J connectivity index is 2.03. The van der Waals surface area contributed by atoms with Gasteiger partial charge in [-0.1, -0.05) is 37.5 Å². The van der Waals surface area contributed by atoms with Gasteiger partial charge in [0, 0.05) is 18.2 Å². The van der Waals surface area contributed by atoms with Gasteiger partial charge in [0.05, 0.1) is 0 Å². The van der Waals surface area contributed by atoms with Gasteiger partial charge < -0.3 is 10.2 Å². The summed E-state index contributed by atoms with van der Waals surface area (Å²) in [6.07, 6.45) is 5.75. The van der Waals surface area contributed by atoms with E-state index in [1.165, 1.54) is 24.8 Å². The summed E-state index contributed by atoms with van der Waals surface area (Å²) >= 11 is 0. The largest absolute Gasteiger partial charge is 0.326 e. The number of carbonyl (C=O) groups excluding carboxylic acids is 1. The number of nitrogens with zero attached hydrogens (tertiary/aromatic N) is 1. The molecule has 1 aromatic carbocycles. The zero-order chi connectivity index (χ0) is 13.7. The highest BCUT2D eigenvalue weighted by molar-refractivity contribution is 5.93. The van der Waals surface area contributed by atoms with Crippen LogP contribution in [0.15, 0.2) is 24.3 Å². The molecule has 1 aromatic rings. The second kappa shape index (κ2) is 6.71. The van der Waals surface area contributed by atoms with E-state index in [9.17, 15) is 4.79 Å². The van der Waals surface area contributed by atoms with E-state index in [1.807, 2.05) is 32.3 Å². The van der Waals surface area contributed by atoms with Crippen molar-refractivity contribution in [1.82, 2.24) is 4.90 Å². The molecular formula is C16H24N2O. The fraction of sp³-hybridized carbons (Fsp3) is 0.562. The molecule has 0 atom stereocenters. The smallest absolute Gasteiger partial charge is 0.227 e. The van der Waals surface area contributed by atoms with Crippen LogP contribution in [0.2, 0.25) is 0 Å². The third-order valence-corrected chi connectivity index (χ3v) is 3.74. The van der Waals surface area contributed by atoms with Crippen molar-refractivity contribution in [2.24, 2.45) is 5.92 Å². The lowest BCUT2D eigenvalue weighted by Crippen LogP contribution is -2.25. The average Bonchev–Trinajstić information content (AvgIpc) is 2.41. The Bertz CT molecular complexity index is 423. The second-order valence-electron chi connectivity index (χ2n) is 5.72. The molecule has 2 rings (SSSR count). The zero-order valence-corrected chi connectivity index (χ0v) is 12.0. The van der Waals surface area contributed by atoms with E-state index < -0.39 is 0 Å². The van der Waals surface area contributed by atoms with Gasteiger partial charge in [0.25, 0.3) is 0 Å². The van der Waals surface area contributed by atoms with Crippen LogP contribution in [0.3, 0.4) is 0 Å². The Labute approximate surface area is 116 Å². The quantitative estimate of drug-likeness (QED) is 0.901. The van der Waals surface area contributed by atoms with Crippen molar-refractivity contribution < 1.29 is 4.79 Å². The lowest BCUT2D eigenvalue weighted by molar-refractivity contribution is -0.120. The van der Waals surface area contributed by atoms with Crippen LogP contribution < -0.4 is 5.32 Å². The molecule has 19 heavy (non-hydrogen) atoms. The van der Waals surface area contributed by atoms with Gasteiger partial charge in [0.2, 0.25) is 5.91 Å². The van der Waals surface area contributed by atoms with Gasteiger partial charge >= 0.3 is 0 Å². The molecule has 1 aliphatic carbocycles. The first-order valence-corrected chi connectivity index (χ1v) is 7.20. The summed E-state index contributed by atoms with van der Waals surface area (Å²) in [6.45, 7) is 0.848. The maximum atomic E-state index is 12.3. The molecule has 0 heterocycles. The first kappa shape index (κ1) is 14.1. The molecule has 0 spiro atoms. The molecule has 1 aliphatic rings. The van der Waals surface area contributed by atoms with Gasteiger partial charge in [0.15, 0.2) is 0 Å². The van der Waals surface area contributed by atoms with Crippen molar-refractivity contribution in [2.75, 3.05) is 19.4 Å². The molecule has 1 N–H and O–H groups in total. The maximum Gasteiger partial charge on any atom is 0.227 e. The van der Waals surface area contributed by atoms with Gasteiger partial charge in [-0.05, 0) is 38.6 Å². The summed E-state index contributed by atoms with van der Waals surface area (Å²) in [7, 11) is 4.08. The predicted octanol–water partition coefficient (Wildman–Crippen LogP) is 3.27. The number of carbonyl (C=O) groups is 1. The summed E-state index contributed by atoms with van der Waals surface area (Å²) in [5.41, 5.74) is 2.14. The molecule has 3 heteroatoms. The number of rotatable bonds is 4. The van der Waals surface area contributed by atoms with E-state index in [1.54, 1.807) is 0 Å². The van der Waals surface area contributed by atoms with Gasteiger partial charge in [-0.15, -0.1) is 0 Å². The fourth-order valence-electron chi connectivity index (χ4n) is 2.72. The first-order valence-electron chi connectivity index (χ1n) is 7.20. The lowest BCUT2D eigenvalue weighted by atomic mass is 9.88. The number of anilines is 1. The minimum Gasteiger partial charge on any atom is -0.326 e. The third kappa shape index (κ3) is 4.06. The van der Waals surface area contributed by atoms with Gasteiger partial charge in [-0.25, -0.2) is 0 Å². The highest BCUT2D eigenvalue weighted by Gasteiger charge is 2.21. The van der Waals surface area contributed by atoms with Crippen LogP contribution in [0.4, 0.5) is 5.69 Å². The standard InChI is InChI=1S/C16H24N2O/c1-18(2)12-14-10-6-7-11-15(14)17-16(19)13-8-4-3-5-9-13/h6-7,10-11,13H,3-5,8-9,12H2,1-2H3,(H,17,19). The molecule has 0 aromatic heterocycles. The highest BCUT2D eigenvalue weighted by Crippen LogP contribution is 2.26. The number of amides is 1. The van der Waals surface area contributed by atoms with Crippen molar-refractivity contribution in [1.29, 1.82) is 0 Å². The first-order chi connectivity index (χ1) is 9.16. The Morgan fingerprint density at radius 3 is 2.58 bits per heavy atom. The van der Waals surface area contributed by atoms with Crippen LogP contribution in [0.25, 0.3) is 0 Å². The second-order valence-corrected chi connectivity index (χ2v) is 5.72. The van der Waals surface area contributed by atoms with Gasteiger partial charge in [-0.3, -0.25) is 4.79 Å². The molecule has 0 saturated heterocycles. The molecule has 3 nitrogen and oxygen atoms in total. The molecule has 104 valence electrons. The van der Waals surface area contributed by atoms with E-state index in [-0.39, 0.29) is 11.8 Å². The molecule has 1 fully saturated rings. The number of benzene rings is 1. The molecule has 0 unspecified atom stereocenters. The number of nitrogens with one attached hydrogen (secondary N) is 1. The van der Waals surface area contributed by atoms with Crippen molar-refractivity contribution in [3.05, 3.63) is 29.8 Å². The van der Waals surface area contributed by atoms with Crippen molar-refractivity contribution >= 4 is 11.6 Å². The van der Waals surface area contributed by atoms with Crippen molar-refractivity contribution in [3.8, 4) is 0 Å². The average molecular weight is 260 g/mol. The summed E-state index contributed by atoms with van der Waals surface area (Å²) < 4.78 is 0. The Morgan fingerprint density at radius 2 is 1.89 bits per heavy atom. The van der Waals surface area contributed by atoms with E-state index >= 15 is 0 Å². The molecule has 0 radical (unpaired) electrons. The van der Waals surface area contributed by atoms with Crippen LogP contribution >= 0.6 is 0 Å². The summed E-state index contributed by atoms with van der Waals surface area (Å²) in [4.78, 5) is 14.4. The topological polar surface area (TPSA) is 32.3 Å². The summed E-state index contributed by atoms with van der Waals surface area (Å²) in [6, 6.07) is 8.08. The SMILES string of the molecule is CN(C)Cc1ccccc1NC(=O)C1CCCCC1. The van der Waals surface area contributed by atoms with Gasteiger partial charge in [-0.2, -0.15) is 0 Å². The molecular weight excluding hydrogens is 236 g/mol. The predicted molar refractivity (Wildman–Crippen MR) is 79.0 cm³/mol. The molecule has 1 amide bonds. The monoisotopic (exact) mass is 260 g/mol. The lowest BCUT2D eigenvalue weighted by Gasteiger charge is -2.22. The Kier molecular flexibility index (Phi) is 4.97.